The number of hydrogen-bond acceptors (Lipinski definition) is 4. The van der Waals surface area contributed by atoms with E-state index in [2.05, 4.69) is 42.7 Å². The van der Waals surface area contributed by atoms with Gasteiger partial charge in [-0.25, -0.2) is 0 Å². The van der Waals surface area contributed by atoms with Crippen molar-refractivity contribution < 1.29 is 9.15 Å². The molecule has 22 heavy (non-hydrogen) atoms. The fourth-order valence-corrected chi connectivity index (χ4v) is 3.33. The Kier molecular flexibility index (Phi) is 4.50. The average molecular weight is 315 g/mol. The SMILES string of the molecule is CCOc1cccc2cc(C(C)NCc3sccc3C)oc12. The summed E-state index contributed by atoms with van der Waals surface area (Å²) in [7, 11) is 0. The van der Waals surface area contributed by atoms with Crippen molar-refractivity contribution in [2.24, 2.45) is 0 Å². The van der Waals surface area contributed by atoms with Gasteiger partial charge in [0.15, 0.2) is 11.3 Å². The number of aryl methyl sites for hydroxylation is 1. The van der Waals surface area contributed by atoms with E-state index in [1.165, 1.54) is 10.4 Å². The molecule has 0 saturated carbocycles. The Morgan fingerprint density at radius 1 is 1.32 bits per heavy atom. The number of para-hydroxylation sites is 1. The van der Waals surface area contributed by atoms with E-state index in [0.717, 1.165) is 29.0 Å². The second-order valence-corrected chi connectivity index (χ2v) is 6.39. The summed E-state index contributed by atoms with van der Waals surface area (Å²) in [6.45, 7) is 7.76. The monoisotopic (exact) mass is 315 g/mol. The van der Waals surface area contributed by atoms with Crippen molar-refractivity contribution >= 4 is 22.3 Å². The third kappa shape index (κ3) is 3.03. The van der Waals surface area contributed by atoms with Crippen molar-refractivity contribution in [1.82, 2.24) is 5.32 Å². The second-order valence-electron chi connectivity index (χ2n) is 5.39. The highest BCUT2D eigenvalue weighted by Gasteiger charge is 2.14. The lowest BCUT2D eigenvalue weighted by molar-refractivity contribution is 0.336. The summed E-state index contributed by atoms with van der Waals surface area (Å²) in [5.41, 5.74) is 2.17. The smallest absolute Gasteiger partial charge is 0.176 e. The zero-order valence-corrected chi connectivity index (χ0v) is 14.0. The van der Waals surface area contributed by atoms with E-state index < -0.39 is 0 Å². The number of benzene rings is 1. The van der Waals surface area contributed by atoms with Crippen LogP contribution in [0.2, 0.25) is 0 Å². The van der Waals surface area contributed by atoms with Crippen LogP contribution >= 0.6 is 11.3 Å². The van der Waals surface area contributed by atoms with E-state index in [1.807, 2.05) is 19.1 Å². The van der Waals surface area contributed by atoms with Crippen molar-refractivity contribution in [3.63, 3.8) is 0 Å². The Morgan fingerprint density at radius 3 is 2.91 bits per heavy atom. The second kappa shape index (κ2) is 6.55. The Morgan fingerprint density at radius 2 is 2.18 bits per heavy atom. The number of fused-ring (bicyclic) bond motifs is 1. The maximum Gasteiger partial charge on any atom is 0.176 e. The number of rotatable bonds is 6. The molecule has 0 aliphatic rings. The van der Waals surface area contributed by atoms with Crippen LogP contribution in [0.1, 0.15) is 36.1 Å². The molecule has 4 heteroatoms. The lowest BCUT2D eigenvalue weighted by Crippen LogP contribution is -2.17. The molecule has 2 aromatic heterocycles. The molecule has 0 amide bonds. The van der Waals surface area contributed by atoms with Crippen molar-refractivity contribution in [2.75, 3.05) is 6.61 Å². The summed E-state index contributed by atoms with van der Waals surface area (Å²) < 4.78 is 11.7. The summed E-state index contributed by atoms with van der Waals surface area (Å²) in [4.78, 5) is 1.37. The normalized spacial score (nSPS) is 12.7. The minimum Gasteiger partial charge on any atom is -0.490 e. The van der Waals surface area contributed by atoms with E-state index in [4.69, 9.17) is 9.15 Å². The Hall–Kier alpha value is -1.78. The molecular weight excluding hydrogens is 294 g/mol. The average Bonchev–Trinajstić information content (AvgIpc) is 3.12. The predicted octanol–water partition coefficient (Wildman–Crippen LogP) is 5.05. The molecule has 0 fully saturated rings. The Labute approximate surface area is 134 Å². The van der Waals surface area contributed by atoms with E-state index in [-0.39, 0.29) is 6.04 Å². The zero-order chi connectivity index (χ0) is 15.5. The lowest BCUT2D eigenvalue weighted by atomic mass is 10.2. The molecule has 0 radical (unpaired) electrons. The molecule has 2 heterocycles. The van der Waals surface area contributed by atoms with Gasteiger partial charge in [-0.15, -0.1) is 11.3 Å². The van der Waals surface area contributed by atoms with Crippen LogP contribution in [0.5, 0.6) is 5.75 Å². The molecule has 1 atom stereocenters. The number of thiophene rings is 1. The first-order valence-electron chi connectivity index (χ1n) is 7.60. The highest BCUT2D eigenvalue weighted by molar-refractivity contribution is 7.10. The molecule has 0 bridgehead atoms. The summed E-state index contributed by atoms with van der Waals surface area (Å²) in [6.07, 6.45) is 0. The van der Waals surface area contributed by atoms with E-state index in [0.29, 0.717) is 6.61 Å². The fraction of sp³-hybridized carbons (Fsp3) is 0.333. The molecule has 1 unspecified atom stereocenters. The minimum absolute atomic E-state index is 0.156. The highest BCUT2D eigenvalue weighted by Crippen LogP contribution is 2.31. The van der Waals surface area contributed by atoms with Gasteiger partial charge in [0.25, 0.3) is 0 Å². The molecule has 0 spiro atoms. The number of hydrogen-bond donors (Lipinski definition) is 1. The molecular formula is C18H21NO2S. The van der Waals surface area contributed by atoms with Crippen LogP contribution in [-0.4, -0.2) is 6.61 Å². The summed E-state index contributed by atoms with van der Waals surface area (Å²) >= 11 is 1.79. The first kappa shape index (κ1) is 15.1. The van der Waals surface area contributed by atoms with Crippen LogP contribution in [0.25, 0.3) is 11.0 Å². The van der Waals surface area contributed by atoms with Crippen molar-refractivity contribution in [3.05, 3.63) is 51.9 Å². The molecule has 0 aliphatic carbocycles. The number of furan rings is 1. The fourth-order valence-electron chi connectivity index (χ4n) is 2.47. The molecule has 3 nitrogen and oxygen atoms in total. The molecule has 3 rings (SSSR count). The van der Waals surface area contributed by atoms with Crippen LogP contribution in [0.15, 0.2) is 40.1 Å². The van der Waals surface area contributed by atoms with Crippen LogP contribution < -0.4 is 10.1 Å². The predicted molar refractivity (Wildman–Crippen MR) is 91.7 cm³/mol. The topological polar surface area (TPSA) is 34.4 Å². The van der Waals surface area contributed by atoms with E-state index in [9.17, 15) is 0 Å². The van der Waals surface area contributed by atoms with Crippen LogP contribution in [-0.2, 0) is 6.54 Å². The van der Waals surface area contributed by atoms with Gasteiger partial charge in [-0.1, -0.05) is 12.1 Å². The maximum absolute atomic E-state index is 6.03. The first-order chi connectivity index (χ1) is 10.7. The number of ether oxygens (including phenoxy) is 1. The Bertz CT molecular complexity index is 759. The quantitative estimate of drug-likeness (QED) is 0.691. The van der Waals surface area contributed by atoms with Crippen LogP contribution in [0, 0.1) is 6.92 Å². The number of nitrogens with one attached hydrogen (secondary N) is 1. The molecule has 0 saturated heterocycles. The molecule has 1 N–H and O–H groups in total. The van der Waals surface area contributed by atoms with E-state index >= 15 is 0 Å². The van der Waals surface area contributed by atoms with Gasteiger partial charge in [-0.3, -0.25) is 0 Å². The maximum atomic E-state index is 6.03. The van der Waals surface area contributed by atoms with Crippen LogP contribution in [0.4, 0.5) is 0 Å². The third-order valence-electron chi connectivity index (χ3n) is 3.79. The van der Waals surface area contributed by atoms with Gasteiger partial charge in [-0.2, -0.15) is 0 Å². The van der Waals surface area contributed by atoms with Gasteiger partial charge in [0.05, 0.1) is 12.6 Å². The summed E-state index contributed by atoms with van der Waals surface area (Å²) in [5, 5.41) is 6.75. The molecule has 0 aliphatic heterocycles. The van der Waals surface area contributed by atoms with Crippen LogP contribution in [0.3, 0.4) is 0 Å². The largest absolute Gasteiger partial charge is 0.490 e. The first-order valence-corrected chi connectivity index (χ1v) is 8.48. The standard InChI is InChI=1S/C18H21NO2S/c1-4-20-15-7-5-6-14-10-16(21-18(14)15)13(3)19-11-17-12(2)8-9-22-17/h5-10,13,19H,4,11H2,1-3H3. The summed E-state index contributed by atoms with van der Waals surface area (Å²) in [6, 6.07) is 10.4. The van der Waals surface area contributed by atoms with Gasteiger partial charge >= 0.3 is 0 Å². The lowest BCUT2D eigenvalue weighted by Gasteiger charge is -2.10. The van der Waals surface area contributed by atoms with E-state index in [1.54, 1.807) is 11.3 Å². The van der Waals surface area contributed by atoms with Crippen molar-refractivity contribution in [3.8, 4) is 5.75 Å². The Balaban J connectivity index is 1.77. The molecule has 3 aromatic rings. The van der Waals surface area contributed by atoms with Gasteiger partial charge in [0, 0.05) is 16.8 Å². The van der Waals surface area contributed by atoms with Gasteiger partial charge in [0.1, 0.15) is 5.76 Å². The summed E-state index contributed by atoms with van der Waals surface area (Å²) in [5.74, 6) is 1.75. The highest BCUT2D eigenvalue weighted by atomic mass is 32.1. The molecule has 1 aromatic carbocycles. The zero-order valence-electron chi connectivity index (χ0n) is 13.2. The minimum atomic E-state index is 0.156. The van der Waals surface area contributed by atoms with Crippen molar-refractivity contribution in [1.29, 1.82) is 0 Å². The van der Waals surface area contributed by atoms with Gasteiger partial charge in [0.2, 0.25) is 0 Å². The van der Waals surface area contributed by atoms with Crippen molar-refractivity contribution in [2.45, 2.75) is 33.4 Å². The van der Waals surface area contributed by atoms with Gasteiger partial charge < -0.3 is 14.5 Å². The third-order valence-corrected chi connectivity index (χ3v) is 4.81. The van der Waals surface area contributed by atoms with Gasteiger partial charge in [-0.05, 0) is 49.9 Å². The molecule has 116 valence electrons.